The van der Waals surface area contributed by atoms with Crippen LogP contribution in [0.2, 0.25) is 0 Å². The van der Waals surface area contributed by atoms with Crippen molar-refractivity contribution in [3.63, 3.8) is 0 Å². The van der Waals surface area contributed by atoms with Gasteiger partial charge in [-0.2, -0.15) is 0 Å². The molecule has 0 radical (unpaired) electrons. The molecular formula is C22H27N3O4. The van der Waals surface area contributed by atoms with Crippen LogP contribution in [0.25, 0.3) is 10.9 Å². The van der Waals surface area contributed by atoms with Crippen LogP contribution in [0.3, 0.4) is 0 Å². The van der Waals surface area contributed by atoms with Crippen molar-refractivity contribution in [2.45, 2.75) is 64.6 Å². The van der Waals surface area contributed by atoms with Crippen LogP contribution in [0.4, 0.5) is 5.69 Å². The van der Waals surface area contributed by atoms with Gasteiger partial charge in [0.05, 0.1) is 22.3 Å². The number of aromatic nitrogens is 1. The second kappa shape index (κ2) is 7.21. The average Bonchev–Trinajstić information content (AvgIpc) is 2.90. The number of carbonyl (C=O) groups excluding carboxylic acids is 1. The number of nitrogens with zero attached hydrogens (tertiary/aromatic N) is 2. The Morgan fingerprint density at radius 2 is 1.90 bits per heavy atom. The molecule has 2 aliphatic heterocycles. The Balaban J connectivity index is 1.64. The Morgan fingerprint density at radius 3 is 2.48 bits per heavy atom. The summed E-state index contributed by atoms with van der Waals surface area (Å²) in [5.41, 5.74) is 7.45. The van der Waals surface area contributed by atoms with Crippen molar-refractivity contribution >= 4 is 28.5 Å². The molecule has 2 aliphatic rings. The number of piperidine rings is 1. The fourth-order valence-electron chi connectivity index (χ4n) is 4.87. The highest BCUT2D eigenvalue weighted by atomic mass is 16.5. The lowest BCUT2D eigenvalue weighted by Crippen LogP contribution is -2.50. The summed E-state index contributed by atoms with van der Waals surface area (Å²) in [6.45, 7) is 5.53. The molecule has 7 nitrogen and oxygen atoms in total. The zero-order valence-corrected chi connectivity index (χ0v) is 17.0. The zero-order valence-electron chi connectivity index (χ0n) is 17.0. The third kappa shape index (κ3) is 3.28. The smallest absolute Gasteiger partial charge is 0.339 e. The number of fused-ring (bicyclic) bond motifs is 3. The second-order valence-corrected chi connectivity index (χ2v) is 8.44. The summed E-state index contributed by atoms with van der Waals surface area (Å²) in [5.74, 6) is -0.320. The van der Waals surface area contributed by atoms with Gasteiger partial charge in [0.2, 0.25) is 5.91 Å². The standard InChI is InChI=1S/C22H27N3O4/c1-11(2)21(26)25-13-7-8-14(25)10-15(9-13)29-17-6-4-5-16-19(17)20(23)18(22(27)28)12(3)24-16/h4-6,11,13-15H,7-10H2,1-3H3,(H2,23,24)(H,27,28)/t13-,14+,15?. The van der Waals surface area contributed by atoms with Gasteiger partial charge in [-0.25, -0.2) is 4.79 Å². The van der Waals surface area contributed by atoms with Crippen molar-refractivity contribution in [1.82, 2.24) is 9.88 Å². The molecule has 154 valence electrons. The molecule has 1 aromatic carbocycles. The Kier molecular flexibility index (Phi) is 4.84. The van der Waals surface area contributed by atoms with Crippen LogP contribution in [0.1, 0.15) is 55.6 Å². The van der Waals surface area contributed by atoms with E-state index in [1.807, 2.05) is 32.0 Å². The van der Waals surface area contributed by atoms with E-state index in [2.05, 4.69) is 9.88 Å². The van der Waals surface area contributed by atoms with E-state index < -0.39 is 5.97 Å². The number of aromatic carboxylic acids is 1. The molecule has 4 rings (SSSR count). The predicted octanol–water partition coefficient (Wildman–Crippen LogP) is 3.38. The Hall–Kier alpha value is -2.83. The molecule has 0 saturated carbocycles. The third-order valence-corrected chi connectivity index (χ3v) is 6.14. The first-order valence-corrected chi connectivity index (χ1v) is 10.2. The van der Waals surface area contributed by atoms with Crippen molar-refractivity contribution < 1.29 is 19.4 Å². The Morgan fingerprint density at radius 1 is 1.24 bits per heavy atom. The zero-order chi connectivity index (χ0) is 20.9. The first kappa shape index (κ1) is 19.5. The van der Waals surface area contributed by atoms with E-state index in [0.717, 1.165) is 25.7 Å². The normalized spacial score (nSPS) is 23.6. The molecule has 3 heterocycles. The van der Waals surface area contributed by atoms with Gasteiger partial charge >= 0.3 is 5.97 Å². The van der Waals surface area contributed by atoms with Crippen LogP contribution < -0.4 is 10.5 Å². The number of nitrogen functional groups attached to an aromatic ring is 1. The molecule has 2 aromatic rings. The van der Waals surface area contributed by atoms with Crippen LogP contribution in [0.5, 0.6) is 5.75 Å². The van der Waals surface area contributed by atoms with E-state index in [4.69, 9.17) is 10.5 Å². The number of aryl methyl sites for hydroxylation is 1. The number of rotatable bonds is 4. The molecule has 1 unspecified atom stereocenters. The molecule has 0 spiro atoms. The number of nitrogens with two attached hydrogens (primary N) is 1. The molecule has 7 heteroatoms. The lowest BCUT2D eigenvalue weighted by molar-refractivity contribution is -0.140. The minimum absolute atomic E-state index is 0.00260. The van der Waals surface area contributed by atoms with Gasteiger partial charge in [-0.15, -0.1) is 0 Å². The first-order chi connectivity index (χ1) is 13.8. The molecule has 3 N–H and O–H groups in total. The van der Waals surface area contributed by atoms with Gasteiger partial charge in [0.15, 0.2) is 0 Å². The van der Waals surface area contributed by atoms with Crippen molar-refractivity contribution in [3.05, 3.63) is 29.5 Å². The van der Waals surface area contributed by atoms with Gasteiger partial charge in [0, 0.05) is 30.8 Å². The molecule has 2 saturated heterocycles. The van der Waals surface area contributed by atoms with E-state index in [0.29, 0.717) is 22.3 Å². The molecule has 2 bridgehead atoms. The number of hydrogen-bond acceptors (Lipinski definition) is 5. The average molecular weight is 397 g/mol. The maximum atomic E-state index is 12.6. The SMILES string of the molecule is Cc1nc2cccc(OC3C[C@H]4CC[C@@H](C3)N4C(=O)C(C)C)c2c(N)c1C(=O)O. The number of ether oxygens (including phenoxy) is 1. The second-order valence-electron chi connectivity index (χ2n) is 8.44. The van der Waals surface area contributed by atoms with Crippen LogP contribution >= 0.6 is 0 Å². The number of anilines is 1. The Labute approximate surface area is 169 Å². The number of amides is 1. The summed E-state index contributed by atoms with van der Waals surface area (Å²) in [6, 6.07) is 5.88. The van der Waals surface area contributed by atoms with Crippen LogP contribution in [-0.2, 0) is 4.79 Å². The summed E-state index contributed by atoms with van der Waals surface area (Å²) < 4.78 is 6.34. The minimum atomic E-state index is -1.09. The highest BCUT2D eigenvalue weighted by molar-refractivity contribution is 6.06. The van der Waals surface area contributed by atoms with Crippen LogP contribution in [0, 0.1) is 12.8 Å². The molecule has 1 amide bonds. The third-order valence-electron chi connectivity index (χ3n) is 6.14. The van der Waals surface area contributed by atoms with Crippen LogP contribution in [0.15, 0.2) is 18.2 Å². The maximum absolute atomic E-state index is 12.6. The van der Waals surface area contributed by atoms with Gasteiger partial charge in [0.25, 0.3) is 0 Å². The first-order valence-electron chi connectivity index (χ1n) is 10.2. The summed E-state index contributed by atoms with van der Waals surface area (Å²) >= 11 is 0. The van der Waals surface area contributed by atoms with Crippen molar-refractivity contribution in [3.8, 4) is 5.75 Å². The highest BCUT2D eigenvalue weighted by Gasteiger charge is 2.44. The van der Waals surface area contributed by atoms with E-state index in [1.54, 1.807) is 6.92 Å². The highest BCUT2D eigenvalue weighted by Crippen LogP contribution is 2.40. The van der Waals surface area contributed by atoms with Gasteiger partial charge in [-0.05, 0) is 31.9 Å². The van der Waals surface area contributed by atoms with Gasteiger partial charge in [-0.1, -0.05) is 19.9 Å². The number of carbonyl (C=O) groups is 2. The number of carboxylic acids is 1. The van der Waals surface area contributed by atoms with E-state index in [-0.39, 0.29) is 41.3 Å². The monoisotopic (exact) mass is 397 g/mol. The topological polar surface area (TPSA) is 106 Å². The maximum Gasteiger partial charge on any atom is 0.339 e. The van der Waals surface area contributed by atoms with E-state index in [9.17, 15) is 14.7 Å². The number of carboxylic acid groups (broad SMARTS) is 1. The molecular weight excluding hydrogens is 370 g/mol. The van der Waals surface area contributed by atoms with Gasteiger partial charge in [-0.3, -0.25) is 9.78 Å². The van der Waals surface area contributed by atoms with E-state index in [1.165, 1.54) is 0 Å². The summed E-state index contributed by atoms with van der Waals surface area (Å²) in [7, 11) is 0. The lowest BCUT2D eigenvalue weighted by atomic mass is 9.97. The summed E-state index contributed by atoms with van der Waals surface area (Å²) in [6.07, 6.45) is 3.52. The predicted molar refractivity (Wildman–Crippen MR) is 110 cm³/mol. The van der Waals surface area contributed by atoms with Gasteiger partial charge < -0.3 is 20.5 Å². The fraction of sp³-hybridized carbons (Fsp3) is 0.500. The quantitative estimate of drug-likeness (QED) is 0.819. The van der Waals surface area contributed by atoms with Crippen molar-refractivity contribution in [2.24, 2.45) is 5.92 Å². The molecule has 1 aromatic heterocycles. The van der Waals surface area contributed by atoms with Crippen molar-refractivity contribution in [2.75, 3.05) is 5.73 Å². The van der Waals surface area contributed by atoms with Gasteiger partial charge in [0.1, 0.15) is 17.4 Å². The lowest BCUT2D eigenvalue weighted by Gasteiger charge is -2.40. The summed E-state index contributed by atoms with van der Waals surface area (Å²) in [4.78, 5) is 30.7. The number of benzene rings is 1. The molecule has 0 aliphatic carbocycles. The fourth-order valence-corrected chi connectivity index (χ4v) is 4.87. The van der Waals surface area contributed by atoms with Crippen molar-refractivity contribution in [1.29, 1.82) is 0 Å². The largest absolute Gasteiger partial charge is 0.489 e. The molecule has 3 atom stereocenters. The van der Waals surface area contributed by atoms with Crippen LogP contribution in [-0.4, -0.2) is 45.1 Å². The number of hydrogen-bond donors (Lipinski definition) is 2. The number of pyridine rings is 1. The van der Waals surface area contributed by atoms with E-state index >= 15 is 0 Å². The molecule has 2 fully saturated rings. The Bertz CT molecular complexity index is 974. The minimum Gasteiger partial charge on any atom is -0.489 e. The molecule has 29 heavy (non-hydrogen) atoms. The summed E-state index contributed by atoms with van der Waals surface area (Å²) in [5, 5.41) is 10.1.